The van der Waals surface area contributed by atoms with E-state index in [2.05, 4.69) is 31.4 Å². The van der Waals surface area contributed by atoms with Crippen LogP contribution in [0.3, 0.4) is 0 Å². The van der Waals surface area contributed by atoms with Crippen LogP contribution in [0.2, 0.25) is 0 Å². The molecule has 0 unspecified atom stereocenters. The number of rotatable bonds is 0. The SMILES string of the molecule is CC(C)(C)NC1=NCCNC12CCN(C(=O)OC(C)(C)C)CC2. The number of amidine groups is 1. The first-order valence-corrected chi connectivity index (χ1v) is 8.57. The largest absolute Gasteiger partial charge is 0.444 e. The van der Waals surface area contributed by atoms with Crippen LogP contribution in [0.1, 0.15) is 54.4 Å². The summed E-state index contributed by atoms with van der Waals surface area (Å²) in [6, 6.07) is 0. The summed E-state index contributed by atoms with van der Waals surface area (Å²) in [6.45, 7) is 15.2. The van der Waals surface area contributed by atoms with Crippen molar-refractivity contribution < 1.29 is 9.53 Å². The fourth-order valence-electron chi connectivity index (χ4n) is 3.02. The monoisotopic (exact) mass is 324 g/mol. The van der Waals surface area contributed by atoms with Crippen LogP contribution in [-0.4, -0.2) is 59.7 Å². The molecule has 2 heterocycles. The average Bonchev–Trinajstić information content (AvgIpc) is 2.39. The molecular formula is C17H32N4O2. The molecule has 2 aliphatic heterocycles. The first-order valence-electron chi connectivity index (χ1n) is 8.57. The smallest absolute Gasteiger partial charge is 0.410 e. The number of amides is 1. The molecular weight excluding hydrogens is 292 g/mol. The van der Waals surface area contributed by atoms with Crippen LogP contribution in [0.5, 0.6) is 0 Å². The molecule has 6 heteroatoms. The zero-order chi connectivity index (χ0) is 17.3. The number of nitrogens with one attached hydrogen (secondary N) is 2. The van der Waals surface area contributed by atoms with Gasteiger partial charge in [-0.1, -0.05) is 0 Å². The molecule has 0 radical (unpaired) electrons. The molecule has 1 spiro atoms. The third kappa shape index (κ3) is 4.83. The summed E-state index contributed by atoms with van der Waals surface area (Å²) in [4.78, 5) is 18.8. The summed E-state index contributed by atoms with van der Waals surface area (Å²) in [6.07, 6.45) is 1.49. The Morgan fingerprint density at radius 1 is 1.22 bits per heavy atom. The van der Waals surface area contributed by atoms with Gasteiger partial charge in [0.05, 0.1) is 12.1 Å². The predicted molar refractivity (Wildman–Crippen MR) is 93.0 cm³/mol. The Balaban J connectivity index is 2.02. The minimum Gasteiger partial charge on any atom is -0.444 e. The lowest BCUT2D eigenvalue weighted by Gasteiger charge is -2.46. The number of carbonyl (C=O) groups is 1. The van der Waals surface area contributed by atoms with E-state index in [1.54, 1.807) is 0 Å². The number of aliphatic imine (C=N–C) groups is 1. The maximum atomic E-state index is 12.2. The van der Waals surface area contributed by atoms with Gasteiger partial charge in [0, 0.05) is 25.2 Å². The van der Waals surface area contributed by atoms with Gasteiger partial charge in [0.1, 0.15) is 11.4 Å². The summed E-state index contributed by atoms with van der Waals surface area (Å²) >= 11 is 0. The second-order valence-electron chi connectivity index (χ2n) is 8.58. The topological polar surface area (TPSA) is 66.0 Å². The lowest BCUT2D eigenvalue weighted by Crippen LogP contribution is -2.66. The van der Waals surface area contributed by atoms with Crippen molar-refractivity contribution in [1.29, 1.82) is 0 Å². The Bertz CT molecular complexity index is 466. The van der Waals surface area contributed by atoms with Gasteiger partial charge in [-0.25, -0.2) is 4.79 Å². The Labute approximate surface area is 140 Å². The molecule has 0 aromatic carbocycles. The Morgan fingerprint density at radius 2 is 1.83 bits per heavy atom. The summed E-state index contributed by atoms with van der Waals surface area (Å²) < 4.78 is 5.48. The van der Waals surface area contributed by atoms with E-state index < -0.39 is 5.60 Å². The fraction of sp³-hybridized carbons (Fsp3) is 0.882. The first-order chi connectivity index (χ1) is 10.5. The molecule has 2 rings (SSSR count). The minimum absolute atomic E-state index is 0.0207. The second-order valence-corrected chi connectivity index (χ2v) is 8.58. The molecule has 23 heavy (non-hydrogen) atoms. The Kier molecular flexibility index (Phi) is 4.95. The third-order valence-corrected chi connectivity index (χ3v) is 4.06. The van der Waals surface area contributed by atoms with Gasteiger partial charge in [0.25, 0.3) is 0 Å². The number of piperidine rings is 1. The van der Waals surface area contributed by atoms with Crippen LogP contribution >= 0.6 is 0 Å². The van der Waals surface area contributed by atoms with Gasteiger partial charge in [-0.2, -0.15) is 0 Å². The zero-order valence-corrected chi connectivity index (χ0v) is 15.5. The van der Waals surface area contributed by atoms with Crippen molar-refractivity contribution >= 4 is 11.9 Å². The second kappa shape index (κ2) is 6.30. The number of carbonyl (C=O) groups excluding carboxylic acids is 1. The number of hydrogen-bond acceptors (Lipinski definition) is 5. The quantitative estimate of drug-likeness (QED) is 0.716. The van der Waals surface area contributed by atoms with E-state index >= 15 is 0 Å². The highest BCUT2D eigenvalue weighted by molar-refractivity contribution is 5.93. The molecule has 0 bridgehead atoms. The summed E-state index contributed by atoms with van der Waals surface area (Å²) in [7, 11) is 0. The van der Waals surface area contributed by atoms with Crippen LogP contribution in [0.4, 0.5) is 4.79 Å². The number of likely N-dealkylation sites (tertiary alicyclic amines) is 1. The van der Waals surface area contributed by atoms with E-state index in [4.69, 9.17) is 9.73 Å². The van der Waals surface area contributed by atoms with E-state index in [1.165, 1.54) is 0 Å². The van der Waals surface area contributed by atoms with Crippen molar-refractivity contribution in [2.45, 2.75) is 71.1 Å². The molecule has 1 fully saturated rings. The summed E-state index contributed by atoms with van der Waals surface area (Å²) in [5.74, 6) is 1.04. The molecule has 0 atom stereocenters. The molecule has 0 aromatic heterocycles. The standard InChI is InChI=1S/C17H32N4O2/c1-15(2,3)20-13-17(19-10-9-18-13)7-11-21(12-8-17)14(22)23-16(4,5)6/h19H,7-12H2,1-6H3,(H,18,20). The van der Waals surface area contributed by atoms with Crippen LogP contribution in [-0.2, 0) is 4.74 Å². The molecule has 0 saturated carbocycles. The van der Waals surface area contributed by atoms with Crippen molar-refractivity contribution in [3.63, 3.8) is 0 Å². The van der Waals surface area contributed by atoms with Gasteiger partial charge in [-0.15, -0.1) is 0 Å². The fourth-order valence-corrected chi connectivity index (χ4v) is 3.02. The van der Waals surface area contributed by atoms with Crippen LogP contribution in [0.25, 0.3) is 0 Å². The molecule has 0 aromatic rings. The lowest BCUT2D eigenvalue weighted by atomic mass is 9.84. The summed E-state index contributed by atoms with van der Waals surface area (Å²) in [5.41, 5.74) is -0.604. The highest BCUT2D eigenvalue weighted by Gasteiger charge is 2.42. The predicted octanol–water partition coefficient (Wildman–Crippen LogP) is 2.15. The van der Waals surface area contributed by atoms with Crippen molar-refractivity contribution in [2.24, 2.45) is 4.99 Å². The molecule has 1 saturated heterocycles. The Morgan fingerprint density at radius 3 is 2.35 bits per heavy atom. The normalized spacial score (nSPS) is 21.8. The lowest BCUT2D eigenvalue weighted by molar-refractivity contribution is 0.0176. The average molecular weight is 324 g/mol. The molecule has 0 aliphatic carbocycles. The van der Waals surface area contributed by atoms with Gasteiger partial charge >= 0.3 is 6.09 Å². The third-order valence-electron chi connectivity index (χ3n) is 4.06. The van der Waals surface area contributed by atoms with Gasteiger partial charge in [0.2, 0.25) is 0 Å². The molecule has 132 valence electrons. The number of nitrogens with zero attached hydrogens (tertiary/aromatic N) is 2. The van der Waals surface area contributed by atoms with E-state index in [-0.39, 0.29) is 17.2 Å². The van der Waals surface area contributed by atoms with Crippen LogP contribution in [0.15, 0.2) is 4.99 Å². The highest BCUT2D eigenvalue weighted by atomic mass is 16.6. The van der Waals surface area contributed by atoms with Crippen LogP contribution < -0.4 is 10.6 Å². The van der Waals surface area contributed by atoms with E-state index in [1.807, 2.05) is 25.7 Å². The van der Waals surface area contributed by atoms with Crippen molar-refractivity contribution in [3.05, 3.63) is 0 Å². The van der Waals surface area contributed by atoms with Gasteiger partial charge in [0.15, 0.2) is 0 Å². The summed E-state index contributed by atoms with van der Waals surface area (Å²) in [5, 5.41) is 7.20. The first kappa shape index (κ1) is 18.0. The highest BCUT2D eigenvalue weighted by Crippen LogP contribution is 2.27. The Hall–Kier alpha value is -1.30. The minimum atomic E-state index is -0.449. The van der Waals surface area contributed by atoms with Gasteiger partial charge < -0.3 is 20.3 Å². The maximum absolute atomic E-state index is 12.2. The van der Waals surface area contributed by atoms with Crippen LogP contribution in [0, 0.1) is 0 Å². The molecule has 1 amide bonds. The van der Waals surface area contributed by atoms with E-state index in [9.17, 15) is 4.79 Å². The van der Waals surface area contributed by atoms with Crippen molar-refractivity contribution in [1.82, 2.24) is 15.5 Å². The zero-order valence-electron chi connectivity index (χ0n) is 15.5. The maximum Gasteiger partial charge on any atom is 0.410 e. The van der Waals surface area contributed by atoms with Crippen molar-refractivity contribution in [3.8, 4) is 0 Å². The molecule has 6 nitrogen and oxygen atoms in total. The van der Waals surface area contributed by atoms with E-state index in [0.29, 0.717) is 13.1 Å². The number of hydrogen-bond donors (Lipinski definition) is 2. The van der Waals surface area contributed by atoms with Gasteiger partial charge in [-0.05, 0) is 54.4 Å². The molecule has 2 N–H and O–H groups in total. The van der Waals surface area contributed by atoms with E-state index in [0.717, 1.165) is 31.8 Å². The van der Waals surface area contributed by atoms with Gasteiger partial charge in [-0.3, -0.25) is 4.99 Å². The van der Waals surface area contributed by atoms with Crippen molar-refractivity contribution in [2.75, 3.05) is 26.2 Å². The number of ether oxygens (including phenoxy) is 1. The molecule has 2 aliphatic rings.